The topological polar surface area (TPSA) is 49.3 Å². The van der Waals surface area contributed by atoms with Gasteiger partial charge in [0.05, 0.1) is 0 Å². The van der Waals surface area contributed by atoms with E-state index in [-0.39, 0.29) is 5.91 Å². The highest BCUT2D eigenvalue weighted by Gasteiger charge is 2.40. The number of nitrogens with one attached hydrogen (secondary N) is 1. The van der Waals surface area contributed by atoms with Gasteiger partial charge >= 0.3 is 0 Å². The molecule has 0 fully saturated rings. The van der Waals surface area contributed by atoms with Crippen molar-refractivity contribution in [2.24, 2.45) is 0 Å². The number of hydrogen-bond acceptors (Lipinski definition) is 2. The van der Waals surface area contributed by atoms with Gasteiger partial charge in [-0.2, -0.15) is 0 Å². The minimum absolute atomic E-state index is 0.358. The van der Waals surface area contributed by atoms with Crippen LogP contribution in [0.15, 0.2) is 24.3 Å². The van der Waals surface area contributed by atoms with Crippen molar-refractivity contribution in [1.82, 2.24) is 0 Å². The zero-order valence-electron chi connectivity index (χ0n) is 6.66. The lowest BCUT2D eigenvalue weighted by Gasteiger charge is -2.12. The van der Waals surface area contributed by atoms with E-state index in [1.54, 1.807) is 18.2 Å². The van der Waals surface area contributed by atoms with E-state index < -0.39 is 5.60 Å². The molecule has 0 saturated carbocycles. The van der Waals surface area contributed by atoms with Crippen LogP contribution in [0, 0.1) is 0 Å². The number of carbonyl (C=O) groups is 1. The molecule has 62 valence electrons. The molecule has 1 amide bonds. The van der Waals surface area contributed by atoms with E-state index in [1.165, 1.54) is 6.92 Å². The van der Waals surface area contributed by atoms with Gasteiger partial charge in [0.1, 0.15) is 0 Å². The molecule has 3 nitrogen and oxygen atoms in total. The molecule has 1 aromatic carbocycles. The van der Waals surface area contributed by atoms with Gasteiger partial charge < -0.3 is 10.4 Å². The number of aliphatic hydroxyl groups is 1. The van der Waals surface area contributed by atoms with E-state index in [4.69, 9.17) is 0 Å². The van der Waals surface area contributed by atoms with Crippen molar-refractivity contribution in [2.75, 3.05) is 5.32 Å². The molecule has 2 N–H and O–H groups in total. The molecule has 0 saturated heterocycles. The minimum Gasteiger partial charge on any atom is -0.375 e. The molecule has 1 aliphatic rings. The van der Waals surface area contributed by atoms with Gasteiger partial charge in [0.15, 0.2) is 5.60 Å². The van der Waals surface area contributed by atoms with Gasteiger partial charge in [0, 0.05) is 11.3 Å². The largest absolute Gasteiger partial charge is 0.375 e. The van der Waals surface area contributed by atoms with Crippen molar-refractivity contribution in [2.45, 2.75) is 12.5 Å². The molecule has 0 aromatic heterocycles. The Kier molecular flexibility index (Phi) is 1.26. The smallest absolute Gasteiger partial charge is 0.260 e. The number of anilines is 1. The van der Waals surface area contributed by atoms with Crippen LogP contribution in [0.1, 0.15) is 12.5 Å². The molecule has 0 bridgehead atoms. The molecule has 12 heavy (non-hydrogen) atoms. The molecule has 3 heteroatoms. The second kappa shape index (κ2) is 2.08. The Morgan fingerprint density at radius 1 is 1.42 bits per heavy atom. The average molecular weight is 163 g/mol. The van der Waals surface area contributed by atoms with Gasteiger partial charge in [0.2, 0.25) is 0 Å². The van der Waals surface area contributed by atoms with Crippen LogP contribution in [0.3, 0.4) is 0 Å². The summed E-state index contributed by atoms with van der Waals surface area (Å²) >= 11 is 0. The first-order chi connectivity index (χ1) is 5.62. The van der Waals surface area contributed by atoms with Gasteiger partial charge in [-0.3, -0.25) is 4.79 Å². The van der Waals surface area contributed by atoms with Crippen LogP contribution < -0.4 is 5.32 Å². The lowest BCUT2D eigenvalue weighted by Crippen LogP contribution is -2.30. The van der Waals surface area contributed by atoms with Gasteiger partial charge in [-0.15, -0.1) is 0 Å². The molecule has 1 atom stereocenters. The number of benzene rings is 1. The molecule has 0 aliphatic carbocycles. The van der Waals surface area contributed by atoms with Gasteiger partial charge in [0.25, 0.3) is 5.91 Å². The van der Waals surface area contributed by atoms with Crippen molar-refractivity contribution < 1.29 is 9.90 Å². The Bertz CT molecular complexity index is 344. The molecule has 0 spiro atoms. The van der Waals surface area contributed by atoms with E-state index >= 15 is 0 Å². The predicted molar refractivity (Wildman–Crippen MR) is 44.6 cm³/mol. The van der Waals surface area contributed by atoms with Crippen molar-refractivity contribution in [3.63, 3.8) is 0 Å². The van der Waals surface area contributed by atoms with Crippen LogP contribution in [-0.2, 0) is 10.4 Å². The number of amides is 1. The maximum Gasteiger partial charge on any atom is 0.260 e. The van der Waals surface area contributed by atoms with Crippen molar-refractivity contribution >= 4 is 11.6 Å². The van der Waals surface area contributed by atoms with Gasteiger partial charge in [-0.05, 0) is 13.0 Å². The van der Waals surface area contributed by atoms with E-state index in [1.807, 2.05) is 6.07 Å². The van der Waals surface area contributed by atoms with Crippen LogP contribution in [0.2, 0.25) is 0 Å². The highest BCUT2D eigenvalue weighted by atomic mass is 16.3. The van der Waals surface area contributed by atoms with Crippen molar-refractivity contribution in [3.8, 4) is 0 Å². The first kappa shape index (κ1) is 7.31. The fraction of sp³-hybridized carbons (Fsp3) is 0.222. The lowest BCUT2D eigenvalue weighted by molar-refractivity contribution is -0.131. The van der Waals surface area contributed by atoms with E-state index in [9.17, 15) is 9.90 Å². The van der Waals surface area contributed by atoms with Crippen LogP contribution in [0.4, 0.5) is 5.69 Å². The number of para-hydroxylation sites is 1. The predicted octanol–water partition coefficient (Wildman–Crippen LogP) is 0.846. The molecular formula is C9H9NO2. The molecule has 1 aromatic rings. The second-order valence-corrected chi connectivity index (χ2v) is 3.07. The van der Waals surface area contributed by atoms with Crippen LogP contribution in [0.25, 0.3) is 0 Å². The van der Waals surface area contributed by atoms with E-state index in [0.29, 0.717) is 11.3 Å². The Labute approximate surface area is 70.0 Å². The normalized spacial score (nSPS) is 26.7. The third-order valence-electron chi connectivity index (χ3n) is 2.14. The zero-order valence-corrected chi connectivity index (χ0v) is 6.66. The summed E-state index contributed by atoms with van der Waals surface area (Å²) in [5.74, 6) is -0.358. The molecule has 2 rings (SSSR count). The number of rotatable bonds is 0. The minimum atomic E-state index is -1.36. The highest BCUT2D eigenvalue weighted by molar-refractivity contribution is 6.04. The summed E-state index contributed by atoms with van der Waals surface area (Å²) in [4.78, 5) is 11.2. The first-order valence-electron chi connectivity index (χ1n) is 3.76. The summed E-state index contributed by atoms with van der Waals surface area (Å²) in [5, 5.41) is 12.3. The molecule has 1 heterocycles. The highest BCUT2D eigenvalue weighted by Crippen LogP contribution is 2.34. The zero-order chi connectivity index (χ0) is 8.77. The number of carbonyl (C=O) groups excluding carboxylic acids is 1. The van der Waals surface area contributed by atoms with Gasteiger partial charge in [-0.1, -0.05) is 18.2 Å². The summed E-state index contributed by atoms with van der Waals surface area (Å²) in [6, 6.07) is 7.13. The molecule has 0 radical (unpaired) electrons. The van der Waals surface area contributed by atoms with E-state index in [2.05, 4.69) is 5.32 Å². The van der Waals surface area contributed by atoms with Gasteiger partial charge in [-0.25, -0.2) is 0 Å². The summed E-state index contributed by atoms with van der Waals surface area (Å²) in [6.45, 7) is 1.49. The summed E-state index contributed by atoms with van der Waals surface area (Å²) in [7, 11) is 0. The summed E-state index contributed by atoms with van der Waals surface area (Å²) in [5.41, 5.74) is -0.0150. The summed E-state index contributed by atoms with van der Waals surface area (Å²) in [6.07, 6.45) is 0. The maximum atomic E-state index is 11.2. The standard InChI is InChI=1S/C9H9NO2/c1-9(12)6-4-2-3-5-7(6)10-8(9)11/h2-5,12H,1H3,(H,10,11)/t9-/m1/s1. The second-order valence-electron chi connectivity index (χ2n) is 3.07. The fourth-order valence-corrected chi connectivity index (χ4v) is 1.38. The fourth-order valence-electron chi connectivity index (χ4n) is 1.38. The number of hydrogen-bond donors (Lipinski definition) is 2. The van der Waals surface area contributed by atoms with Crippen LogP contribution in [-0.4, -0.2) is 11.0 Å². The van der Waals surface area contributed by atoms with E-state index in [0.717, 1.165) is 0 Å². The Balaban J connectivity index is 2.63. The van der Waals surface area contributed by atoms with Crippen molar-refractivity contribution in [3.05, 3.63) is 29.8 Å². The Morgan fingerprint density at radius 2 is 2.08 bits per heavy atom. The molecular weight excluding hydrogens is 154 g/mol. The lowest BCUT2D eigenvalue weighted by atomic mass is 9.98. The van der Waals surface area contributed by atoms with Crippen molar-refractivity contribution in [1.29, 1.82) is 0 Å². The summed E-state index contributed by atoms with van der Waals surface area (Å²) < 4.78 is 0. The third-order valence-corrected chi connectivity index (χ3v) is 2.14. The average Bonchev–Trinajstić information content (AvgIpc) is 2.25. The quantitative estimate of drug-likeness (QED) is 0.595. The number of fused-ring (bicyclic) bond motifs is 1. The van der Waals surface area contributed by atoms with Crippen LogP contribution in [0.5, 0.6) is 0 Å². The Hall–Kier alpha value is -1.35. The van der Waals surface area contributed by atoms with Crippen LogP contribution >= 0.6 is 0 Å². The Morgan fingerprint density at radius 3 is 2.75 bits per heavy atom. The molecule has 0 unspecified atom stereocenters. The SMILES string of the molecule is C[C@]1(O)C(=O)Nc2ccccc21. The molecule has 1 aliphatic heterocycles. The first-order valence-corrected chi connectivity index (χ1v) is 3.76. The monoisotopic (exact) mass is 163 g/mol. The third kappa shape index (κ3) is 0.769. The maximum absolute atomic E-state index is 11.2.